The van der Waals surface area contributed by atoms with E-state index in [-0.39, 0.29) is 0 Å². The van der Waals surface area contributed by atoms with Gasteiger partial charge in [0.2, 0.25) is 0 Å². The molecule has 0 atom stereocenters. The highest BCUT2D eigenvalue weighted by Crippen LogP contribution is 2.35. The maximum Gasteiger partial charge on any atom is 0.115 e. The van der Waals surface area contributed by atoms with Gasteiger partial charge in [0.1, 0.15) is 5.52 Å². The minimum Gasteiger partial charge on any atom is -0.397 e. The Kier molecular flexibility index (Phi) is 2.75. The van der Waals surface area contributed by atoms with Gasteiger partial charge in [-0.05, 0) is 18.9 Å². The number of aromatic nitrogens is 2. The number of nitrogens with zero attached hydrogens (tertiary/aromatic N) is 1. The van der Waals surface area contributed by atoms with E-state index in [2.05, 4.69) is 16.3 Å². The number of nitrogens with one attached hydrogen (secondary N) is 1. The minimum absolute atomic E-state index is 0.643. The number of hydrogen-bond acceptors (Lipinski definition) is 2. The lowest BCUT2D eigenvalue weighted by Gasteiger charge is -2.12. The second kappa shape index (κ2) is 4.40. The molecular formula is C14H19N3. The Morgan fingerprint density at radius 3 is 2.65 bits per heavy atom. The second-order valence-electron chi connectivity index (χ2n) is 5.07. The van der Waals surface area contributed by atoms with Crippen molar-refractivity contribution in [3.63, 3.8) is 0 Å². The Morgan fingerprint density at radius 2 is 1.88 bits per heavy atom. The van der Waals surface area contributed by atoms with Gasteiger partial charge in [0.15, 0.2) is 0 Å². The Balaban J connectivity index is 2.02. The summed E-state index contributed by atoms with van der Waals surface area (Å²) < 4.78 is 0. The molecule has 1 heterocycles. The molecule has 0 bridgehead atoms. The first-order valence-corrected chi connectivity index (χ1v) is 6.59. The number of rotatable bonds is 1. The summed E-state index contributed by atoms with van der Waals surface area (Å²) in [5, 5.41) is 8.82. The molecule has 1 aromatic heterocycles. The third kappa shape index (κ3) is 1.90. The largest absolute Gasteiger partial charge is 0.397 e. The summed E-state index contributed by atoms with van der Waals surface area (Å²) in [6.07, 6.45) is 8.01. The molecule has 3 heteroatoms. The van der Waals surface area contributed by atoms with Crippen molar-refractivity contribution in [2.24, 2.45) is 0 Å². The lowest BCUT2D eigenvalue weighted by atomic mass is 9.94. The number of nitrogens with two attached hydrogens (primary N) is 1. The molecule has 1 saturated carbocycles. The molecule has 17 heavy (non-hydrogen) atoms. The Morgan fingerprint density at radius 1 is 1.12 bits per heavy atom. The van der Waals surface area contributed by atoms with Crippen LogP contribution in [0.4, 0.5) is 5.69 Å². The molecule has 0 saturated heterocycles. The van der Waals surface area contributed by atoms with Gasteiger partial charge in [0.25, 0.3) is 0 Å². The van der Waals surface area contributed by atoms with Crippen LogP contribution in [0.5, 0.6) is 0 Å². The minimum atomic E-state index is 0.643. The summed E-state index contributed by atoms with van der Waals surface area (Å²) in [6, 6.07) is 6.07. The SMILES string of the molecule is Nc1cccc2c(C3CCCCCC3)[nH]nc12. The number of anilines is 1. The summed E-state index contributed by atoms with van der Waals surface area (Å²) in [6.45, 7) is 0. The first-order chi connectivity index (χ1) is 8.36. The molecule has 1 aromatic carbocycles. The number of aromatic amines is 1. The highest BCUT2D eigenvalue weighted by Gasteiger charge is 2.19. The predicted molar refractivity (Wildman–Crippen MR) is 70.9 cm³/mol. The van der Waals surface area contributed by atoms with Gasteiger partial charge < -0.3 is 5.73 Å². The zero-order chi connectivity index (χ0) is 11.7. The van der Waals surface area contributed by atoms with E-state index < -0.39 is 0 Å². The monoisotopic (exact) mass is 229 g/mol. The maximum absolute atomic E-state index is 5.95. The summed E-state index contributed by atoms with van der Waals surface area (Å²) in [5.74, 6) is 0.643. The average molecular weight is 229 g/mol. The van der Waals surface area contributed by atoms with Crippen molar-refractivity contribution in [1.29, 1.82) is 0 Å². The van der Waals surface area contributed by atoms with E-state index in [9.17, 15) is 0 Å². The summed E-state index contributed by atoms with van der Waals surface area (Å²) >= 11 is 0. The average Bonchev–Trinajstić information content (AvgIpc) is 2.59. The molecule has 0 radical (unpaired) electrons. The molecule has 1 fully saturated rings. The Bertz CT molecular complexity index is 507. The number of hydrogen-bond donors (Lipinski definition) is 2. The van der Waals surface area contributed by atoms with Gasteiger partial charge in [-0.1, -0.05) is 37.8 Å². The quantitative estimate of drug-likeness (QED) is 0.580. The molecular weight excluding hydrogens is 210 g/mol. The predicted octanol–water partition coefficient (Wildman–Crippen LogP) is 3.58. The van der Waals surface area contributed by atoms with E-state index in [0.717, 1.165) is 11.2 Å². The zero-order valence-corrected chi connectivity index (χ0v) is 10.1. The van der Waals surface area contributed by atoms with Gasteiger partial charge in [-0.25, -0.2) is 0 Å². The van der Waals surface area contributed by atoms with E-state index in [1.54, 1.807) is 0 Å². The van der Waals surface area contributed by atoms with Crippen LogP contribution in [-0.2, 0) is 0 Å². The van der Waals surface area contributed by atoms with Crippen molar-refractivity contribution in [3.05, 3.63) is 23.9 Å². The van der Waals surface area contributed by atoms with Crippen LogP contribution in [-0.4, -0.2) is 10.2 Å². The molecule has 3 nitrogen and oxygen atoms in total. The summed E-state index contributed by atoms with van der Waals surface area (Å²) in [5.41, 5.74) is 8.96. The van der Waals surface area contributed by atoms with Crippen LogP contribution < -0.4 is 5.73 Å². The fourth-order valence-electron chi connectivity index (χ4n) is 2.96. The van der Waals surface area contributed by atoms with Crippen LogP contribution in [0.2, 0.25) is 0 Å². The molecule has 3 N–H and O–H groups in total. The van der Waals surface area contributed by atoms with Crippen molar-refractivity contribution in [2.45, 2.75) is 44.4 Å². The van der Waals surface area contributed by atoms with Crippen molar-refractivity contribution in [1.82, 2.24) is 10.2 Å². The Labute approximate surface area is 101 Å². The molecule has 0 aliphatic heterocycles. The van der Waals surface area contributed by atoms with Crippen LogP contribution in [0.3, 0.4) is 0 Å². The molecule has 3 rings (SSSR count). The van der Waals surface area contributed by atoms with Crippen molar-refractivity contribution in [3.8, 4) is 0 Å². The zero-order valence-electron chi connectivity index (χ0n) is 10.1. The number of H-pyrrole nitrogens is 1. The molecule has 2 aromatic rings. The van der Waals surface area contributed by atoms with E-state index in [1.165, 1.54) is 49.6 Å². The van der Waals surface area contributed by atoms with Crippen LogP contribution in [0.15, 0.2) is 18.2 Å². The second-order valence-corrected chi connectivity index (χ2v) is 5.07. The standard InChI is InChI=1S/C14H19N3/c15-12-9-5-8-11-13(16-17-14(11)12)10-6-3-1-2-4-7-10/h5,8-10H,1-4,6-7,15H2,(H,16,17). The Hall–Kier alpha value is -1.51. The van der Waals surface area contributed by atoms with Crippen LogP contribution in [0, 0.1) is 0 Å². The summed E-state index contributed by atoms with van der Waals surface area (Å²) in [4.78, 5) is 0. The lowest BCUT2D eigenvalue weighted by molar-refractivity contribution is 0.579. The van der Waals surface area contributed by atoms with Gasteiger partial charge in [-0.2, -0.15) is 5.10 Å². The third-order valence-corrected chi connectivity index (χ3v) is 3.91. The lowest BCUT2D eigenvalue weighted by Crippen LogP contribution is -1.98. The third-order valence-electron chi connectivity index (χ3n) is 3.91. The maximum atomic E-state index is 5.95. The van der Waals surface area contributed by atoms with Crippen LogP contribution in [0.25, 0.3) is 10.9 Å². The van der Waals surface area contributed by atoms with E-state index in [4.69, 9.17) is 5.73 Å². The molecule has 0 unspecified atom stereocenters. The molecule has 90 valence electrons. The molecule has 0 amide bonds. The smallest absolute Gasteiger partial charge is 0.115 e. The number of benzene rings is 1. The van der Waals surface area contributed by atoms with Gasteiger partial charge >= 0.3 is 0 Å². The number of para-hydroxylation sites is 1. The summed E-state index contributed by atoms with van der Waals surface area (Å²) in [7, 11) is 0. The molecule has 1 aliphatic rings. The van der Waals surface area contributed by atoms with Crippen LogP contribution in [0.1, 0.15) is 50.1 Å². The number of fused-ring (bicyclic) bond motifs is 1. The van der Waals surface area contributed by atoms with Crippen molar-refractivity contribution >= 4 is 16.6 Å². The van der Waals surface area contributed by atoms with Gasteiger partial charge in [-0.15, -0.1) is 0 Å². The van der Waals surface area contributed by atoms with E-state index >= 15 is 0 Å². The van der Waals surface area contributed by atoms with Crippen molar-refractivity contribution < 1.29 is 0 Å². The van der Waals surface area contributed by atoms with Crippen LogP contribution >= 0.6 is 0 Å². The number of nitrogen functional groups attached to an aromatic ring is 1. The fourth-order valence-corrected chi connectivity index (χ4v) is 2.96. The normalized spacial score (nSPS) is 18.4. The van der Waals surface area contributed by atoms with Crippen molar-refractivity contribution in [2.75, 3.05) is 5.73 Å². The molecule has 0 spiro atoms. The first-order valence-electron chi connectivity index (χ1n) is 6.59. The van der Waals surface area contributed by atoms with E-state index in [1.807, 2.05) is 12.1 Å². The fraction of sp³-hybridized carbons (Fsp3) is 0.500. The van der Waals surface area contributed by atoms with Gasteiger partial charge in [0.05, 0.1) is 5.69 Å². The molecule has 1 aliphatic carbocycles. The highest BCUT2D eigenvalue weighted by molar-refractivity contribution is 5.91. The first kappa shape index (κ1) is 10.6. The van der Waals surface area contributed by atoms with E-state index in [0.29, 0.717) is 5.92 Å². The van der Waals surface area contributed by atoms with Gasteiger partial charge in [-0.3, -0.25) is 5.10 Å². The highest BCUT2D eigenvalue weighted by atomic mass is 15.1. The van der Waals surface area contributed by atoms with Gasteiger partial charge in [0, 0.05) is 17.0 Å². The topological polar surface area (TPSA) is 54.7 Å².